The third-order valence-electron chi connectivity index (χ3n) is 5.96. The lowest BCUT2D eigenvalue weighted by Crippen LogP contribution is -3.00. The normalized spacial score (nSPS) is 11.1. The molecule has 0 saturated heterocycles. The Morgan fingerprint density at radius 3 is 1.63 bits per heavy atom. The number of hydrogen-bond donors (Lipinski definition) is 0. The van der Waals surface area contributed by atoms with Gasteiger partial charge in [-0.3, -0.25) is 0 Å². The van der Waals surface area contributed by atoms with Gasteiger partial charge in [-0.2, -0.15) is 0 Å². The summed E-state index contributed by atoms with van der Waals surface area (Å²) in [6, 6.07) is 4.63. The Kier molecular flexibility index (Phi) is 22.2. The molecule has 0 aliphatic rings. The number of aromatic nitrogens is 1. The van der Waals surface area contributed by atoms with E-state index in [1.165, 1.54) is 128 Å². The van der Waals surface area contributed by atoms with Crippen LogP contribution in [0.1, 0.15) is 129 Å². The summed E-state index contributed by atoms with van der Waals surface area (Å²) in [6.07, 6.45) is 33.9. The van der Waals surface area contributed by atoms with Crippen LogP contribution in [-0.2, 0) is 13.0 Å². The van der Waals surface area contributed by atoms with Gasteiger partial charge in [-0.1, -0.05) is 90.2 Å². The summed E-state index contributed by atoms with van der Waals surface area (Å²) < 4.78 is 2.36. The van der Waals surface area contributed by atoms with Crippen LogP contribution in [0.15, 0.2) is 36.7 Å². The van der Waals surface area contributed by atoms with E-state index in [9.17, 15) is 0 Å². The molecule has 0 atom stereocenters. The number of halogens is 1. The van der Waals surface area contributed by atoms with Gasteiger partial charge in [-0.05, 0) is 50.5 Å². The van der Waals surface area contributed by atoms with Gasteiger partial charge in [0.15, 0.2) is 12.4 Å². The molecule has 0 saturated carbocycles. The molecule has 0 bridgehead atoms. The predicted octanol–water partition coefficient (Wildman–Crippen LogP) is 5.75. The molecular formula is C28H50ClN. The number of rotatable bonds is 20. The van der Waals surface area contributed by atoms with E-state index in [0.717, 1.165) is 0 Å². The monoisotopic (exact) mass is 435 g/mol. The van der Waals surface area contributed by atoms with Crippen molar-refractivity contribution in [1.29, 1.82) is 0 Å². The highest BCUT2D eigenvalue weighted by atomic mass is 35.5. The lowest BCUT2D eigenvalue weighted by molar-refractivity contribution is -0.697. The third kappa shape index (κ3) is 18.0. The summed E-state index contributed by atoms with van der Waals surface area (Å²) in [5, 5.41) is 0. The van der Waals surface area contributed by atoms with Crippen molar-refractivity contribution < 1.29 is 17.0 Å². The van der Waals surface area contributed by atoms with Crippen LogP contribution >= 0.6 is 0 Å². The molecule has 1 aromatic heterocycles. The Balaban J connectivity index is 0.00000841. The summed E-state index contributed by atoms with van der Waals surface area (Å²) in [6.45, 7) is 5.74. The van der Waals surface area contributed by atoms with Gasteiger partial charge in [0.05, 0.1) is 0 Å². The molecule has 174 valence electrons. The standard InChI is InChI=1S/C28H50N.ClH/c1-3-5-7-8-9-10-11-12-13-14-15-16-17-18-19-21-25-29-26-23-28(24-27-29)22-20-6-4-2;/h12-13,23-24,26-27H,3-11,14-22,25H2,1-2H3;1H/q+1;/p-1/b13-12-;. The van der Waals surface area contributed by atoms with E-state index in [1.807, 2.05) is 0 Å². The first kappa shape index (κ1) is 29.2. The molecule has 0 N–H and O–H groups in total. The van der Waals surface area contributed by atoms with E-state index in [4.69, 9.17) is 0 Å². The lowest BCUT2D eigenvalue weighted by atomic mass is 10.1. The van der Waals surface area contributed by atoms with E-state index >= 15 is 0 Å². The Labute approximate surface area is 195 Å². The predicted molar refractivity (Wildman–Crippen MR) is 129 cm³/mol. The first-order valence-corrected chi connectivity index (χ1v) is 13.0. The Hall–Kier alpha value is -0.820. The molecule has 0 unspecified atom stereocenters. The second kappa shape index (κ2) is 22.9. The van der Waals surface area contributed by atoms with Crippen LogP contribution in [0.2, 0.25) is 0 Å². The first-order chi connectivity index (χ1) is 14.4. The fourth-order valence-electron chi connectivity index (χ4n) is 3.92. The van der Waals surface area contributed by atoms with E-state index in [-0.39, 0.29) is 12.4 Å². The van der Waals surface area contributed by atoms with Gasteiger partial charge in [0.25, 0.3) is 0 Å². The summed E-state index contributed by atoms with van der Waals surface area (Å²) in [7, 11) is 0. The fourth-order valence-corrected chi connectivity index (χ4v) is 3.92. The van der Waals surface area contributed by atoms with Gasteiger partial charge >= 0.3 is 0 Å². The van der Waals surface area contributed by atoms with Gasteiger partial charge in [0.1, 0.15) is 6.54 Å². The van der Waals surface area contributed by atoms with Gasteiger partial charge in [-0.25, -0.2) is 4.57 Å². The lowest BCUT2D eigenvalue weighted by Gasteiger charge is -2.02. The number of hydrogen-bond acceptors (Lipinski definition) is 0. The van der Waals surface area contributed by atoms with Crippen molar-refractivity contribution in [2.75, 3.05) is 0 Å². The fraction of sp³-hybridized carbons (Fsp3) is 0.750. The van der Waals surface area contributed by atoms with Crippen LogP contribution in [-0.4, -0.2) is 0 Å². The maximum atomic E-state index is 2.43. The molecule has 1 aromatic rings. The van der Waals surface area contributed by atoms with Crippen molar-refractivity contribution in [3.05, 3.63) is 42.2 Å². The maximum absolute atomic E-state index is 2.43. The molecule has 2 heteroatoms. The molecule has 1 heterocycles. The van der Waals surface area contributed by atoms with E-state index in [1.54, 1.807) is 0 Å². The summed E-state index contributed by atoms with van der Waals surface area (Å²) in [4.78, 5) is 0. The number of pyridine rings is 1. The molecule has 1 nitrogen and oxygen atoms in total. The van der Waals surface area contributed by atoms with Crippen LogP contribution in [0.5, 0.6) is 0 Å². The quantitative estimate of drug-likeness (QED) is 0.139. The zero-order valence-corrected chi connectivity index (χ0v) is 21.0. The molecule has 0 amide bonds. The van der Waals surface area contributed by atoms with Gasteiger partial charge in [0.2, 0.25) is 0 Å². The van der Waals surface area contributed by atoms with Crippen LogP contribution < -0.4 is 17.0 Å². The molecule has 30 heavy (non-hydrogen) atoms. The van der Waals surface area contributed by atoms with E-state index in [2.05, 4.69) is 55.1 Å². The van der Waals surface area contributed by atoms with Crippen molar-refractivity contribution in [3.8, 4) is 0 Å². The average molecular weight is 436 g/mol. The van der Waals surface area contributed by atoms with Gasteiger partial charge < -0.3 is 12.4 Å². The van der Waals surface area contributed by atoms with Crippen LogP contribution in [0, 0.1) is 0 Å². The minimum atomic E-state index is 0. The van der Waals surface area contributed by atoms with Crippen molar-refractivity contribution in [3.63, 3.8) is 0 Å². The molecule has 0 aliphatic heterocycles. The van der Waals surface area contributed by atoms with Crippen molar-refractivity contribution in [2.45, 2.75) is 136 Å². The second-order valence-electron chi connectivity index (χ2n) is 8.84. The van der Waals surface area contributed by atoms with Crippen molar-refractivity contribution in [1.82, 2.24) is 0 Å². The average Bonchev–Trinajstić information content (AvgIpc) is 2.74. The van der Waals surface area contributed by atoms with Gasteiger partial charge in [-0.15, -0.1) is 0 Å². The number of unbranched alkanes of at least 4 members (excludes halogenated alkanes) is 14. The molecule has 0 aromatic carbocycles. The van der Waals surface area contributed by atoms with Crippen molar-refractivity contribution >= 4 is 0 Å². The minimum absolute atomic E-state index is 0. The zero-order chi connectivity index (χ0) is 20.8. The summed E-state index contributed by atoms with van der Waals surface area (Å²) in [5.74, 6) is 0. The molecule has 0 radical (unpaired) electrons. The zero-order valence-electron chi connectivity index (χ0n) is 20.2. The highest BCUT2D eigenvalue weighted by Gasteiger charge is 2.01. The summed E-state index contributed by atoms with van der Waals surface area (Å²) >= 11 is 0. The first-order valence-electron chi connectivity index (χ1n) is 13.0. The largest absolute Gasteiger partial charge is 1.00 e. The van der Waals surface area contributed by atoms with Crippen molar-refractivity contribution in [2.24, 2.45) is 0 Å². The molecule has 0 fully saturated rings. The highest BCUT2D eigenvalue weighted by molar-refractivity contribution is 5.07. The molecule has 0 spiro atoms. The third-order valence-corrected chi connectivity index (χ3v) is 5.96. The Bertz CT molecular complexity index is 480. The van der Waals surface area contributed by atoms with Crippen LogP contribution in [0.3, 0.4) is 0 Å². The Morgan fingerprint density at radius 2 is 1.07 bits per heavy atom. The van der Waals surface area contributed by atoms with E-state index in [0.29, 0.717) is 0 Å². The molecular weight excluding hydrogens is 386 g/mol. The maximum Gasteiger partial charge on any atom is 0.169 e. The number of aryl methyl sites for hydroxylation is 2. The van der Waals surface area contributed by atoms with Crippen LogP contribution in [0.4, 0.5) is 0 Å². The van der Waals surface area contributed by atoms with Crippen LogP contribution in [0.25, 0.3) is 0 Å². The number of nitrogens with zero attached hydrogens (tertiary/aromatic N) is 1. The highest BCUT2D eigenvalue weighted by Crippen LogP contribution is 2.10. The second-order valence-corrected chi connectivity index (χ2v) is 8.84. The van der Waals surface area contributed by atoms with E-state index < -0.39 is 0 Å². The summed E-state index contributed by atoms with van der Waals surface area (Å²) in [5.41, 5.74) is 1.50. The Morgan fingerprint density at radius 1 is 0.600 bits per heavy atom. The molecule has 0 aliphatic carbocycles. The molecule has 1 rings (SSSR count). The topological polar surface area (TPSA) is 3.88 Å². The smallest absolute Gasteiger partial charge is 0.169 e. The van der Waals surface area contributed by atoms with Gasteiger partial charge in [0, 0.05) is 18.6 Å². The minimum Gasteiger partial charge on any atom is -1.00 e. The number of allylic oxidation sites excluding steroid dienone is 2. The SMILES string of the molecule is CCCCCCCC/C=C\CCCCCCCC[n+]1ccc(CCCCC)cc1.[Cl-].